The molecular weight excluding hydrogens is 400 g/mol. The van der Waals surface area contributed by atoms with Crippen molar-refractivity contribution in [1.29, 1.82) is 0 Å². The van der Waals surface area contributed by atoms with Gasteiger partial charge in [0.2, 0.25) is 0 Å². The molecule has 6 heteroatoms. The van der Waals surface area contributed by atoms with Crippen LogP contribution in [0.15, 0.2) is 16.5 Å². The first-order chi connectivity index (χ1) is 9.56. The Bertz CT molecular complexity index is 494. The summed E-state index contributed by atoms with van der Waals surface area (Å²) < 4.78 is 26.7. The molecule has 1 aromatic heterocycles. The first-order valence-corrected chi connectivity index (χ1v) is 11.5. The van der Waals surface area contributed by atoms with Gasteiger partial charge in [-0.1, -0.05) is 43.4 Å². The maximum Gasteiger partial charge on any atom is 0.193 e. The van der Waals surface area contributed by atoms with Gasteiger partial charge in [0.25, 0.3) is 0 Å². The molecule has 1 aromatic rings. The quantitative estimate of drug-likeness (QED) is 0.343. The summed E-state index contributed by atoms with van der Waals surface area (Å²) in [5, 5.41) is 0.0568. The molecule has 0 bridgehead atoms. The maximum absolute atomic E-state index is 14.5. The highest BCUT2D eigenvalue weighted by Crippen LogP contribution is 2.38. The number of hydrogen-bond donors (Lipinski definition) is 0. The van der Waals surface area contributed by atoms with Gasteiger partial charge in [0, 0.05) is 17.4 Å². The van der Waals surface area contributed by atoms with E-state index in [2.05, 4.69) is 61.4 Å². The monoisotopic (exact) mass is 425 g/mol. The van der Waals surface area contributed by atoms with E-state index in [0.29, 0.717) is 18.0 Å². The maximum atomic E-state index is 14.5. The molecule has 0 aromatic carbocycles. The summed E-state index contributed by atoms with van der Waals surface area (Å²) in [6.45, 7) is 12.5. The zero-order valence-corrected chi connectivity index (χ0v) is 16.8. The molecule has 0 fully saturated rings. The third kappa shape index (κ3) is 5.48. The third-order valence-corrected chi connectivity index (χ3v) is 8.95. The second kappa shape index (κ2) is 7.37. The zero-order chi connectivity index (χ0) is 16.3. The van der Waals surface area contributed by atoms with Crippen LogP contribution in [0.4, 0.5) is 4.39 Å². The van der Waals surface area contributed by atoms with Crippen molar-refractivity contribution in [2.45, 2.75) is 58.4 Å². The molecule has 0 unspecified atom stereocenters. The molecule has 1 atom stereocenters. The van der Waals surface area contributed by atoms with E-state index in [9.17, 15) is 4.39 Å². The van der Waals surface area contributed by atoms with Gasteiger partial charge >= 0.3 is 0 Å². The van der Waals surface area contributed by atoms with E-state index in [-0.39, 0.29) is 10.9 Å². The predicted octanol–water partition coefficient (Wildman–Crippen LogP) is 5.51. The van der Waals surface area contributed by atoms with Gasteiger partial charge in [-0.15, -0.1) is 0 Å². The minimum absolute atomic E-state index is 0.0568. The van der Waals surface area contributed by atoms with Crippen LogP contribution in [-0.4, -0.2) is 23.8 Å². The molecule has 120 valence electrons. The Morgan fingerprint density at radius 1 is 1.52 bits per heavy atom. The molecule has 0 aliphatic carbocycles. The summed E-state index contributed by atoms with van der Waals surface area (Å²) in [5.41, 5.74) is 0.502. The van der Waals surface area contributed by atoms with Crippen molar-refractivity contribution in [1.82, 2.24) is 4.98 Å². The molecule has 0 radical (unpaired) electrons. The number of rotatable bonds is 6. The van der Waals surface area contributed by atoms with Gasteiger partial charge in [-0.05, 0) is 24.6 Å². The largest absolute Gasteiger partial charge is 0.449 e. The lowest BCUT2D eigenvalue weighted by atomic mass is 10.2. The molecule has 0 N–H and O–H groups in total. The molecule has 21 heavy (non-hydrogen) atoms. The Hall–Kier alpha value is -0.213. The van der Waals surface area contributed by atoms with E-state index in [1.54, 1.807) is 6.92 Å². The SMILES string of the molecule is Cc1nc(C=C(F)[C@H](CCI)O[Si](C)(C)C(C)(C)C)co1. The number of halogens is 2. The summed E-state index contributed by atoms with van der Waals surface area (Å²) in [4.78, 5) is 4.11. The Morgan fingerprint density at radius 3 is 2.57 bits per heavy atom. The average Bonchev–Trinajstić information content (AvgIpc) is 2.72. The topological polar surface area (TPSA) is 35.3 Å². The minimum Gasteiger partial charge on any atom is -0.449 e. The van der Waals surface area contributed by atoms with Gasteiger partial charge in [-0.25, -0.2) is 9.37 Å². The van der Waals surface area contributed by atoms with Gasteiger partial charge in [0.1, 0.15) is 17.8 Å². The molecule has 3 nitrogen and oxygen atoms in total. The van der Waals surface area contributed by atoms with Crippen molar-refractivity contribution in [3.8, 4) is 0 Å². The number of hydrogen-bond acceptors (Lipinski definition) is 3. The van der Waals surface area contributed by atoms with Gasteiger partial charge in [-0.2, -0.15) is 0 Å². The molecule has 0 spiro atoms. The molecule has 1 heterocycles. The smallest absolute Gasteiger partial charge is 0.193 e. The van der Waals surface area contributed by atoms with Crippen LogP contribution < -0.4 is 0 Å². The van der Waals surface area contributed by atoms with E-state index >= 15 is 0 Å². The van der Waals surface area contributed by atoms with Crippen LogP contribution in [0, 0.1) is 6.92 Å². The predicted molar refractivity (Wildman–Crippen MR) is 95.9 cm³/mol. The van der Waals surface area contributed by atoms with Crippen LogP contribution in [-0.2, 0) is 4.43 Å². The first-order valence-electron chi connectivity index (χ1n) is 7.10. The van der Waals surface area contributed by atoms with Crippen molar-refractivity contribution < 1.29 is 13.2 Å². The lowest BCUT2D eigenvalue weighted by Crippen LogP contribution is -2.44. The van der Waals surface area contributed by atoms with Crippen molar-refractivity contribution in [3.05, 3.63) is 23.7 Å². The fourth-order valence-corrected chi connectivity index (χ4v) is 3.43. The number of alkyl halides is 1. The summed E-state index contributed by atoms with van der Waals surface area (Å²) in [6.07, 6.45) is 3.04. The standard InChI is InChI=1S/C15H25FINO2Si/c1-11-18-12(10-19-11)9-13(16)14(7-8-17)20-21(5,6)15(2,3)4/h9-10,14H,7-8H2,1-6H3/t14-/m0/s1. The van der Waals surface area contributed by atoms with Crippen molar-refractivity contribution in [2.75, 3.05) is 4.43 Å². The molecular formula is C15H25FINO2Si. The van der Waals surface area contributed by atoms with Gasteiger partial charge in [0.05, 0.1) is 6.10 Å². The third-order valence-electron chi connectivity index (χ3n) is 3.84. The fourth-order valence-electron chi connectivity index (χ4n) is 1.57. The first kappa shape index (κ1) is 18.8. The van der Waals surface area contributed by atoms with Crippen LogP contribution in [0.5, 0.6) is 0 Å². The minimum atomic E-state index is -2.01. The highest BCUT2D eigenvalue weighted by atomic mass is 127. The highest BCUT2D eigenvalue weighted by molar-refractivity contribution is 14.1. The number of oxazole rings is 1. The van der Waals surface area contributed by atoms with Crippen LogP contribution in [0.1, 0.15) is 38.8 Å². The Morgan fingerprint density at radius 2 is 2.14 bits per heavy atom. The van der Waals surface area contributed by atoms with Crippen molar-refractivity contribution in [3.63, 3.8) is 0 Å². The number of aryl methyl sites for hydroxylation is 1. The molecule has 0 amide bonds. The van der Waals surface area contributed by atoms with Gasteiger partial charge in [-0.3, -0.25) is 0 Å². The molecule has 0 saturated heterocycles. The second-order valence-corrected chi connectivity index (χ2v) is 12.5. The summed E-state index contributed by atoms with van der Waals surface area (Å²) in [7, 11) is -2.01. The van der Waals surface area contributed by atoms with E-state index in [4.69, 9.17) is 8.84 Å². The average molecular weight is 425 g/mol. The fraction of sp³-hybridized carbons (Fsp3) is 0.667. The molecule has 0 saturated carbocycles. The Labute approximate surface area is 141 Å². The molecule has 0 aliphatic heterocycles. The number of aromatic nitrogens is 1. The van der Waals surface area contributed by atoms with Gasteiger partial charge < -0.3 is 8.84 Å². The van der Waals surface area contributed by atoms with Crippen LogP contribution >= 0.6 is 22.6 Å². The summed E-state index contributed by atoms with van der Waals surface area (Å²) in [5.74, 6) is 0.259. The number of nitrogens with zero attached hydrogens (tertiary/aromatic N) is 1. The highest BCUT2D eigenvalue weighted by Gasteiger charge is 2.39. The molecule has 1 rings (SSSR count). The van der Waals surface area contributed by atoms with Gasteiger partial charge in [0.15, 0.2) is 14.2 Å². The Kier molecular flexibility index (Phi) is 6.61. The Balaban J connectivity index is 2.93. The van der Waals surface area contributed by atoms with Crippen molar-refractivity contribution >= 4 is 37.0 Å². The van der Waals surface area contributed by atoms with Crippen LogP contribution in [0.3, 0.4) is 0 Å². The zero-order valence-electron chi connectivity index (χ0n) is 13.7. The summed E-state index contributed by atoms with van der Waals surface area (Å²) >= 11 is 2.25. The lowest BCUT2D eigenvalue weighted by molar-refractivity contribution is 0.187. The molecule has 0 aliphatic rings. The van der Waals surface area contributed by atoms with E-state index < -0.39 is 14.4 Å². The summed E-state index contributed by atoms with van der Waals surface area (Å²) in [6, 6.07) is 0. The van der Waals surface area contributed by atoms with Crippen LogP contribution in [0.2, 0.25) is 18.1 Å². The van der Waals surface area contributed by atoms with Crippen LogP contribution in [0.25, 0.3) is 6.08 Å². The van der Waals surface area contributed by atoms with E-state index in [0.717, 1.165) is 4.43 Å². The normalized spacial score (nSPS) is 15.3. The van der Waals surface area contributed by atoms with Crippen molar-refractivity contribution in [2.24, 2.45) is 0 Å². The van der Waals surface area contributed by atoms with E-state index in [1.807, 2.05) is 0 Å². The van der Waals surface area contributed by atoms with E-state index in [1.165, 1.54) is 12.3 Å². The lowest BCUT2D eigenvalue weighted by Gasteiger charge is -2.38. The second-order valence-electron chi connectivity index (χ2n) is 6.67.